The van der Waals surface area contributed by atoms with Gasteiger partial charge in [0.1, 0.15) is 5.82 Å². The largest absolute Gasteiger partial charge is 0.325 e. The Hall–Kier alpha value is -6.18. The van der Waals surface area contributed by atoms with Crippen LogP contribution in [0.15, 0.2) is 89.9 Å². The van der Waals surface area contributed by atoms with Crippen LogP contribution in [0.25, 0.3) is 39.2 Å². The molecule has 298 valence electrons. The number of carbonyl (C=O) groups excluding carboxylic acids is 5. The first-order valence-corrected chi connectivity index (χ1v) is 19.9. The minimum Gasteiger partial charge on any atom is -0.325 e. The first-order chi connectivity index (χ1) is 28.3. The summed E-state index contributed by atoms with van der Waals surface area (Å²) >= 11 is 14.4. The summed E-state index contributed by atoms with van der Waals surface area (Å²) in [7, 11) is 1.80. The Morgan fingerprint density at radius 2 is 1.27 bits per heavy atom. The fraction of sp³-hybridized carbons (Fsp3) is 0.250. The van der Waals surface area contributed by atoms with Crippen molar-refractivity contribution in [3.8, 4) is 39.2 Å². The topological polar surface area (TPSA) is 151 Å². The quantitative estimate of drug-likeness (QED) is 0.131. The number of benzene rings is 3. The lowest BCUT2D eigenvalue weighted by molar-refractivity contribution is -0.135. The number of anilines is 1. The summed E-state index contributed by atoms with van der Waals surface area (Å²) in [6.45, 7) is 0.659. The highest BCUT2D eigenvalue weighted by Gasteiger charge is 2.57. The number of hydrogen-bond donors (Lipinski definition) is 2. The van der Waals surface area contributed by atoms with Crippen LogP contribution in [0.4, 0.5) is 14.9 Å². The number of amides is 6. The van der Waals surface area contributed by atoms with Crippen LogP contribution in [0, 0.1) is 5.95 Å². The molecule has 2 atom stereocenters. The van der Waals surface area contributed by atoms with Gasteiger partial charge in [-0.15, -0.1) is 0 Å². The van der Waals surface area contributed by atoms with E-state index in [1.54, 1.807) is 36.2 Å². The third kappa shape index (κ3) is 6.77. The van der Waals surface area contributed by atoms with Crippen molar-refractivity contribution in [1.29, 1.82) is 0 Å². The number of aromatic nitrogens is 2. The minimum atomic E-state index is -0.792. The van der Waals surface area contributed by atoms with Crippen LogP contribution in [-0.4, -0.2) is 63.2 Å². The Morgan fingerprint density at radius 3 is 1.78 bits per heavy atom. The Bertz CT molecular complexity index is 2700. The number of hydrogen-bond acceptors (Lipinski definition) is 7. The maximum atomic E-state index is 14.7. The summed E-state index contributed by atoms with van der Waals surface area (Å²) in [5, 5.41) is 5.39. The van der Waals surface area contributed by atoms with Crippen LogP contribution >= 0.6 is 23.2 Å². The van der Waals surface area contributed by atoms with Gasteiger partial charge in [-0.25, -0.2) is 14.3 Å². The van der Waals surface area contributed by atoms with Crippen LogP contribution in [0.5, 0.6) is 0 Å². The molecule has 5 aromatic rings. The van der Waals surface area contributed by atoms with Gasteiger partial charge in [0.25, 0.3) is 5.56 Å². The third-order valence-corrected chi connectivity index (χ3v) is 12.6. The van der Waals surface area contributed by atoms with Crippen molar-refractivity contribution in [2.45, 2.75) is 55.9 Å². The molecule has 1 aliphatic carbocycles. The SMILES string of the molecule is CN1CC2(CC2)N(c2ccc(-c3cc(-c4cc(-c5ccc(-n6c(F)cccc6=O)nc5)c(Cl)c(C5CCC(=O)NC5=O)c4)cc(C4CCC(=O)NC4=O)c3Cl)cc2)C1=O. The summed E-state index contributed by atoms with van der Waals surface area (Å²) < 4.78 is 15.5. The molecule has 3 aliphatic heterocycles. The first-order valence-electron chi connectivity index (χ1n) is 19.2. The van der Waals surface area contributed by atoms with E-state index in [0.29, 0.717) is 56.1 Å². The van der Waals surface area contributed by atoms with Gasteiger partial charge in [-0.1, -0.05) is 41.4 Å². The molecule has 5 heterocycles. The van der Waals surface area contributed by atoms with Gasteiger partial charge in [0.2, 0.25) is 29.6 Å². The fourth-order valence-electron chi connectivity index (χ4n) is 8.55. The number of carbonyl (C=O) groups is 5. The standard InChI is InChI=1S/C44H35Cl2FN6O6/c1-51-22-44(15-16-44)53(43(51)59)27-8-5-23(6-9-27)30-17-25(19-32(39(30)45)28-10-13-36(54)49-41(28)57)26-18-31(40(46)33(20-26)29-11-14-37(55)50-42(29)58)24-7-12-35(48-21-24)52-34(47)3-2-4-38(52)56/h2-9,12,17-21,28-29H,10-11,13-16,22H2,1H3,(H,49,54,57)(H,50,55,58). The number of likely N-dealkylation sites (N-methyl/N-ethyl adjacent to an activating group) is 1. The van der Waals surface area contributed by atoms with Crippen molar-refractivity contribution in [2.75, 3.05) is 18.5 Å². The van der Waals surface area contributed by atoms with Crippen molar-refractivity contribution < 1.29 is 28.4 Å². The molecule has 4 aliphatic rings. The van der Waals surface area contributed by atoms with Gasteiger partial charge in [-0.3, -0.25) is 39.5 Å². The monoisotopic (exact) mass is 832 g/mol. The number of piperidine rings is 2. The van der Waals surface area contributed by atoms with Crippen molar-refractivity contribution >= 4 is 58.5 Å². The predicted molar refractivity (Wildman–Crippen MR) is 219 cm³/mol. The van der Waals surface area contributed by atoms with E-state index in [2.05, 4.69) is 15.6 Å². The lowest BCUT2D eigenvalue weighted by atomic mass is 9.83. The molecule has 0 radical (unpaired) electrons. The predicted octanol–water partition coefficient (Wildman–Crippen LogP) is 7.12. The number of imide groups is 2. The first kappa shape index (κ1) is 38.3. The highest BCUT2D eigenvalue weighted by atomic mass is 35.5. The van der Waals surface area contributed by atoms with Crippen molar-refractivity contribution in [1.82, 2.24) is 25.1 Å². The zero-order valence-electron chi connectivity index (χ0n) is 31.6. The van der Waals surface area contributed by atoms with E-state index in [9.17, 15) is 33.2 Å². The second-order valence-electron chi connectivity index (χ2n) is 15.5. The van der Waals surface area contributed by atoms with Crippen molar-refractivity contribution in [2.24, 2.45) is 0 Å². The molecule has 12 nitrogen and oxygen atoms in total. The lowest BCUT2D eigenvalue weighted by Crippen LogP contribution is -2.39. The maximum absolute atomic E-state index is 14.7. The molecule has 3 saturated heterocycles. The Balaban J connectivity index is 1.20. The normalized spacial score (nSPS) is 20.0. The van der Waals surface area contributed by atoms with Gasteiger partial charge in [0.05, 0.1) is 27.4 Å². The number of halogens is 3. The smallest absolute Gasteiger partial charge is 0.324 e. The van der Waals surface area contributed by atoms with E-state index < -0.39 is 41.1 Å². The Kier molecular flexibility index (Phi) is 9.47. The highest BCUT2D eigenvalue weighted by Crippen LogP contribution is 2.50. The van der Waals surface area contributed by atoms with E-state index in [-0.39, 0.29) is 54.0 Å². The van der Waals surface area contributed by atoms with Gasteiger partial charge in [-0.2, -0.15) is 4.39 Å². The molecule has 2 N–H and O–H groups in total. The molecular formula is C44H35Cl2FN6O6. The van der Waals surface area contributed by atoms with Gasteiger partial charge in [-0.05, 0) is 108 Å². The summed E-state index contributed by atoms with van der Waals surface area (Å²) in [5.41, 5.74) is 4.32. The van der Waals surface area contributed by atoms with Crippen molar-refractivity contribution in [3.05, 3.63) is 123 Å². The van der Waals surface area contributed by atoms with E-state index in [0.717, 1.165) is 29.2 Å². The number of nitrogens with one attached hydrogen (secondary N) is 2. The number of urea groups is 1. The van der Waals surface area contributed by atoms with Gasteiger partial charge < -0.3 is 4.90 Å². The average Bonchev–Trinajstić information content (AvgIpc) is 3.93. The zero-order valence-corrected chi connectivity index (χ0v) is 33.1. The molecule has 2 unspecified atom stereocenters. The molecule has 1 saturated carbocycles. The molecule has 15 heteroatoms. The lowest BCUT2D eigenvalue weighted by Gasteiger charge is -2.26. The van der Waals surface area contributed by atoms with Crippen LogP contribution in [0.3, 0.4) is 0 Å². The molecule has 1 spiro atoms. The van der Waals surface area contributed by atoms with Gasteiger partial charge in [0.15, 0.2) is 0 Å². The zero-order chi connectivity index (χ0) is 41.3. The molecule has 2 aromatic heterocycles. The van der Waals surface area contributed by atoms with Crippen molar-refractivity contribution in [3.63, 3.8) is 0 Å². The molecule has 0 bridgehead atoms. The van der Waals surface area contributed by atoms with E-state index >= 15 is 0 Å². The van der Waals surface area contributed by atoms with Crippen LogP contribution in [-0.2, 0) is 19.2 Å². The summed E-state index contributed by atoms with van der Waals surface area (Å²) in [6, 6.07) is 21.5. The average molecular weight is 834 g/mol. The Labute approximate surface area is 346 Å². The summed E-state index contributed by atoms with van der Waals surface area (Å²) in [6.07, 6.45) is 3.94. The molecule has 59 heavy (non-hydrogen) atoms. The molecule has 6 amide bonds. The Morgan fingerprint density at radius 1 is 0.712 bits per heavy atom. The van der Waals surface area contributed by atoms with Crippen LogP contribution in [0.1, 0.15) is 61.5 Å². The van der Waals surface area contributed by atoms with Gasteiger partial charge in [0, 0.05) is 61.1 Å². The third-order valence-electron chi connectivity index (χ3n) is 11.7. The maximum Gasteiger partial charge on any atom is 0.324 e. The van der Waals surface area contributed by atoms with E-state index in [1.165, 1.54) is 24.4 Å². The van der Waals surface area contributed by atoms with Crippen LogP contribution in [0.2, 0.25) is 10.0 Å². The van der Waals surface area contributed by atoms with E-state index in [4.69, 9.17) is 23.2 Å². The van der Waals surface area contributed by atoms with Crippen LogP contribution < -0.4 is 21.1 Å². The number of pyridine rings is 2. The summed E-state index contributed by atoms with van der Waals surface area (Å²) in [5.74, 6) is -4.04. The highest BCUT2D eigenvalue weighted by molar-refractivity contribution is 6.35. The number of nitrogens with zero attached hydrogens (tertiary/aromatic N) is 4. The molecule has 4 fully saturated rings. The second-order valence-corrected chi connectivity index (χ2v) is 16.3. The number of rotatable bonds is 7. The second kappa shape index (κ2) is 14.6. The van der Waals surface area contributed by atoms with E-state index in [1.807, 2.05) is 35.2 Å². The molecule has 9 rings (SSSR count). The molecule has 3 aromatic carbocycles. The fourth-order valence-corrected chi connectivity index (χ4v) is 9.25. The minimum absolute atomic E-state index is 0.0465. The van der Waals surface area contributed by atoms with Gasteiger partial charge >= 0.3 is 6.03 Å². The molecular weight excluding hydrogens is 798 g/mol. The summed E-state index contributed by atoms with van der Waals surface area (Å²) in [4.78, 5) is 84.8.